The highest BCUT2D eigenvalue weighted by Crippen LogP contribution is 2.32. The van der Waals surface area contributed by atoms with Crippen molar-refractivity contribution >= 4 is 34.2 Å². The van der Waals surface area contributed by atoms with E-state index in [4.69, 9.17) is 4.74 Å². The third kappa shape index (κ3) is 5.56. The highest BCUT2D eigenvalue weighted by Gasteiger charge is 2.20. The minimum Gasteiger partial charge on any atom is -0.494 e. The molecule has 1 aliphatic rings. The number of aromatic nitrogens is 4. The number of methoxy groups -OCH3 is 1. The van der Waals surface area contributed by atoms with Gasteiger partial charge >= 0.3 is 0 Å². The van der Waals surface area contributed by atoms with E-state index in [9.17, 15) is 13.6 Å². The zero-order chi connectivity index (χ0) is 30.1. The van der Waals surface area contributed by atoms with E-state index >= 15 is 0 Å². The average molecular weight is 585 g/mol. The lowest BCUT2D eigenvalue weighted by atomic mass is 10.1. The van der Waals surface area contributed by atoms with E-state index < -0.39 is 17.2 Å². The van der Waals surface area contributed by atoms with Gasteiger partial charge in [0, 0.05) is 56.2 Å². The molecule has 43 heavy (non-hydrogen) atoms. The molecular weight excluding hydrogens is 554 g/mol. The lowest BCUT2D eigenvalue weighted by molar-refractivity contribution is 0.312. The Morgan fingerprint density at radius 2 is 1.72 bits per heavy atom. The molecule has 0 atom stereocenters. The summed E-state index contributed by atoms with van der Waals surface area (Å²) in [4.78, 5) is 32.1. The lowest BCUT2D eigenvalue weighted by Gasteiger charge is -2.34. The summed E-state index contributed by atoms with van der Waals surface area (Å²) in [5, 5.41) is 6.28. The summed E-state index contributed by atoms with van der Waals surface area (Å²) in [6.45, 7) is 3.81. The number of nitrogens with zero attached hydrogens (tertiary/aromatic N) is 6. The summed E-state index contributed by atoms with van der Waals surface area (Å²) in [6.07, 6.45) is 1.48. The number of halogens is 2. The second kappa shape index (κ2) is 11.6. The van der Waals surface area contributed by atoms with E-state index in [0.717, 1.165) is 49.7 Å². The molecule has 220 valence electrons. The van der Waals surface area contributed by atoms with Gasteiger partial charge in [-0.25, -0.2) is 18.7 Å². The van der Waals surface area contributed by atoms with Gasteiger partial charge in [0.2, 0.25) is 5.95 Å². The molecule has 10 nitrogen and oxygen atoms in total. The number of piperazine rings is 1. The molecule has 5 aromatic rings. The Balaban J connectivity index is 1.44. The minimum absolute atomic E-state index is 0.0632. The van der Waals surface area contributed by atoms with Crippen molar-refractivity contribution in [1.82, 2.24) is 24.4 Å². The first-order valence-electron chi connectivity index (χ1n) is 13.8. The van der Waals surface area contributed by atoms with E-state index in [2.05, 4.69) is 42.4 Å². The van der Waals surface area contributed by atoms with Crippen molar-refractivity contribution in [3.8, 4) is 22.7 Å². The van der Waals surface area contributed by atoms with Crippen molar-refractivity contribution in [3.63, 3.8) is 0 Å². The van der Waals surface area contributed by atoms with Gasteiger partial charge in [-0.05, 0) is 55.6 Å². The summed E-state index contributed by atoms with van der Waals surface area (Å²) in [6, 6.07) is 16.3. The number of hydrogen-bond donors (Lipinski definition) is 2. The number of fused-ring (bicyclic) bond motifs is 1. The van der Waals surface area contributed by atoms with E-state index in [0.29, 0.717) is 17.1 Å². The van der Waals surface area contributed by atoms with E-state index in [1.54, 1.807) is 32.4 Å². The van der Waals surface area contributed by atoms with Crippen molar-refractivity contribution in [1.29, 1.82) is 0 Å². The first-order valence-corrected chi connectivity index (χ1v) is 13.8. The average Bonchev–Trinajstić information content (AvgIpc) is 3.03. The van der Waals surface area contributed by atoms with Crippen LogP contribution in [-0.4, -0.2) is 71.8 Å². The highest BCUT2D eigenvalue weighted by molar-refractivity contribution is 5.78. The second-order valence-electron chi connectivity index (χ2n) is 10.2. The van der Waals surface area contributed by atoms with Gasteiger partial charge in [-0.3, -0.25) is 9.36 Å². The number of nitrogens with one attached hydrogen (secondary N) is 2. The van der Waals surface area contributed by atoms with Crippen LogP contribution < -0.4 is 25.8 Å². The third-order valence-corrected chi connectivity index (χ3v) is 7.49. The Morgan fingerprint density at radius 1 is 0.907 bits per heavy atom. The quantitative estimate of drug-likeness (QED) is 0.283. The molecule has 12 heteroatoms. The van der Waals surface area contributed by atoms with Gasteiger partial charge < -0.3 is 25.2 Å². The predicted molar refractivity (Wildman–Crippen MR) is 164 cm³/mol. The van der Waals surface area contributed by atoms with Crippen molar-refractivity contribution in [2.24, 2.45) is 0 Å². The van der Waals surface area contributed by atoms with Crippen LogP contribution in [0.4, 0.5) is 31.8 Å². The van der Waals surface area contributed by atoms with Crippen LogP contribution in [-0.2, 0) is 0 Å². The van der Waals surface area contributed by atoms with Gasteiger partial charge in [-0.2, -0.15) is 4.98 Å². The van der Waals surface area contributed by atoms with Crippen molar-refractivity contribution in [2.45, 2.75) is 0 Å². The standard InChI is InChI=1S/C31H30F2N8O2/c1-34-20-5-4-6-22(16-20)41-29-26(36-28(30(41)42)19-7-9-23(32)24(33)15-19)18-35-31(38-29)37-25-10-8-21(17-27(25)43-3)40-13-11-39(2)12-14-40/h4-10,15-18,34H,11-14H2,1-3H3,(H,35,37,38). The fourth-order valence-corrected chi connectivity index (χ4v) is 5.08. The fraction of sp³-hybridized carbons (Fsp3) is 0.226. The zero-order valence-corrected chi connectivity index (χ0v) is 23.9. The summed E-state index contributed by atoms with van der Waals surface area (Å²) >= 11 is 0. The third-order valence-electron chi connectivity index (χ3n) is 7.49. The molecule has 3 heterocycles. The van der Waals surface area contributed by atoms with Crippen LogP contribution in [0.2, 0.25) is 0 Å². The second-order valence-corrected chi connectivity index (χ2v) is 10.2. The summed E-state index contributed by atoms with van der Waals surface area (Å²) < 4.78 is 34.9. The Bertz CT molecular complexity index is 1870. The molecule has 0 unspecified atom stereocenters. The van der Waals surface area contributed by atoms with Gasteiger partial charge in [0.15, 0.2) is 17.3 Å². The normalized spacial score (nSPS) is 13.7. The molecule has 0 bridgehead atoms. The number of likely N-dealkylation sites (N-methyl/N-ethyl adjacent to an activating group) is 1. The monoisotopic (exact) mass is 584 g/mol. The van der Waals surface area contributed by atoms with E-state index in [-0.39, 0.29) is 28.4 Å². The van der Waals surface area contributed by atoms with E-state index in [1.165, 1.54) is 16.8 Å². The van der Waals surface area contributed by atoms with Crippen LogP contribution in [0.15, 0.2) is 71.7 Å². The van der Waals surface area contributed by atoms with Gasteiger partial charge in [0.1, 0.15) is 17.0 Å². The Kier molecular flexibility index (Phi) is 7.59. The number of hydrogen-bond acceptors (Lipinski definition) is 9. The topological polar surface area (TPSA) is 100 Å². The van der Waals surface area contributed by atoms with Gasteiger partial charge in [0.05, 0.1) is 24.7 Å². The first-order chi connectivity index (χ1) is 20.8. The maximum absolute atomic E-state index is 14.1. The van der Waals surface area contributed by atoms with Gasteiger partial charge in [-0.1, -0.05) is 6.07 Å². The van der Waals surface area contributed by atoms with Crippen molar-refractivity contribution in [2.75, 3.05) is 62.9 Å². The van der Waals surface area contributed by atoms with Crippen LogP contribution in [0.1, 0.15) is 0 Å². The SMILES string of the molecule is CNc1cccc(-n2c(=O)c(-c3ccc(F)c(F)c3)nc3cnc(Nc4ccc(N5CCN(C)CC5)cc4OC)nc32)c1. The molecule has 0 aliphatic carbocycles. The van der Waals surface area contributed by atoms with Crippen LogP contribution >= 0.6 is 0 Å². The smallest absolute Gasteiger partial charge is 0.283 e. The molecule has 0 radical (unpaired) electrons. The molecule has 2 N–H and O–H groups in total. The van der Waals surface area contributed by atoms with Crippen LogP contribution in [0.25, 0.3) is 28.1 Å². The maximum atomic E-state index is 14.1. The minimum atomic E-state index is -1.08. The summed E-state index contributed by atoms with van der Waals surface area (Å²) in [5.74, 6) is -1.26. The molecule has 0 amide bonds. The number of anilines is 4. The molecule has 0 saturated carbocycles. The molecule has 1 aliphatic heterocycles. The van der Waals surface area contributed by atoms with E-state index in [1.807, 2.05) is 24.3 Å². The first kappa shape index (κ1) is 28.0. The fourth-order valence-electron chi connectivity index (χ4n) is 5.08. The number of rotatable bonds is 7. The molecule has 0 spiro atoms. The van der Waals surface area contributed by atoms with Crippen molar-refractivity contribution in [3.05, 3.63) is 88.8 Å². The van der Waals surface area contributed by atoms with Crippen LogP contribution in [0.3, 0.4) is 0 Å². The van der Waals surface area contributed by atoms with Crippen LogP contribution in [0.5, 0.6) is 5.75 Å². The molecule has 1 fully saturated rings. The highest BCUT2D eigenvalue weighted by atomic mass is 19.2. The zero-order valence-electron chi connectivity index (χ0n) is 23.9. The van der Waals surface area contributed by atoms with Gasteiger partial charge in [0.25, 0.3) is 5.56 Å². The van der Waals surface area contributed by atoms with Crippen molar-refractivity contribution < 1.29 is 13.5 Å². The molecule has 2 aromatic heterocycles. The molecule has 1 saturated heterocycles. The molecule has 3 aromatic carbocycles. The predicted octanol–water partition coefficient (Wildman–Crippen LogP) is 4.67. The van der Waals surface area contributed by atoms with Crippen LogP contribution in [0, 0.1) is 11.6 Å². The summed E-state index contributed by atoms with van der Waals surface area (Å²) in [5.41, 5.74) is 3.02. The Labute approximate surface area is 246 Å². The molecule has 6 rings (SSSR count). The summed E-state index contributed by atoms with van der Waals surface area (Å²) in [7, 11) is 5.49. The maximum Gasteiger partial charge on any atom is 0.283 e. The van der Waals surface area contributed by atoms with Gasteiger partial charge in [-0.15, -0.1) is 0 Å². The Morgan fingerprint density at radius 3 is 2.47 bits per heavy atom. The Hall–Kier alpha value is -5.10. The largest absolute Gasteiger partial charge is 0.494 e. The lowest BCUT2D eigenvalue weighted by Crippen LogP contribution is -2.44. The molecular formula is C31H30F2N8O2. The number of benzene rings is 3. The number of ether oxygens (including phenoxy) is 1.